The highest BCUT2D eigenvalue weighted by atomic mass is 16.5. The molecular weight excluding hydrogens is 332 g/mol. The van der Waals surface area contributed by atoms with Gasteiger partial charge in [-0.3, -0.25) is 4.79 Å². The lowest BCUT2D eigenvalue weighted by Crippen LogP contribution is -2.13. The largest absolute Gasteiger partial charge is 0.494 e. The van der Waals surface area contributed by atoms with E-state index in [1.165, 1.54) is 0 Å². The van der Waals surface area contributed by atoms with Crippen LogP contribution in [0.5, 0.6) is 11.5 Å². The summed E-state index contributed by atoms with van der Waals surface area (Å²) < 4.78 is 12.9. The lowest BCUT2D eigenvalue weighted by molar-refractivity contribution is 0.102. The van der Waals surface area contributed by atoms with E-state index in [1.54, 1.807) is 28.9 Å². The van der Waals surface area contributed by atoms with Crippen molar-refractivity contribution in [2.24, 2.45) is 0 Å². The zero-order chi connectivity index (χ0) is 18.5. The number of aryl methyl sites for hydroxylation is 1. The Morgan fingerprint density at radius 3 is 2.62 bits per heavy atom. The Balaban J connectivity index is 1.87. The maximum Gasteiger partial charge on any atom is 0.255 e. The normalized spacial score (nSPS) is 10.7. The van der Waals surface area contributed by atoms with Crippen LogP contribution in [0.3, 0.4) is 0 Å². The number of benzene rings is 2. The minimum Gasteiger partial charge on any atom is -0.494 e. The summed E-state index contributed by atoms with van der Waals surface area (Å²) in [4.78, 5) is 12.7. The van der Waals surface area contributed by atoms with Crippen molar-refractivity contribution >= 4 is 22.6 Å². The van der Waals surface area contributed by atoms with Crippen LogP contribution < -0.4 is 14.8 Å². The van der Waals surface area contributed by atoms with Crippen LogP contribution in [-0.2, 0) is 6.54 Å². The van der Waals surface area contributed by atoms with E-state index in [1.807, 2.05) is 32.9 Å². The van der Waals surface area contributed by atoms with Crippen LogP contribution in [-0.4, -0.2) is 34.1 Å². The molecule has 0 aliphatic rings. The van der Waals surface area contributed by atoms with E-state index < -0.39 is 0 Å². The number of carbonyl (C=O) groups excluding carboxylic acids is 1. The zero-order valence-electron chi connectivity index (χ0n) is 15.2. The van der Waals surface area contributed by atoms with Gasteiger partial charge in [-0.25, -0.2) is 4.68 Å². The summed E-state index contributed by atoms with van der Waals surface area (Å²) in [5.41, 5.74) is 2.66. The molecule has 1 amide bonds. The molecule has 0 spiro atoms. The van der Waals surface area contributed by atoms with Gasteiger partial charge in [0.25, 0.3) is 5.91 Å². The van der Waals surface area contributed by atoms with Crippen molar-refractivity contribution in [3.05, 3.63) is 42.0 Å². The van der Waals surface area contributed by atoms with Gasteiger partial charge in [-0.15, -0.1) is 5.10 Å². The van der Waals surface area contributed by atoms with Gasteiger partial charge in [0.1, 0.15) is 17.0 Å². The smallest absolute Gasteiger partial charge is 0.255 e. The molecule has 0 saturated carbocycles. The van der Waals surface area contributed by atoms with Crippen molar-refractivity contribution in [2.45, 2.75) is 27.3 Å². The number of amides is 1. The second-order valence-corrected chi connectivity index (χ2v) is 5.59. The Hall–Kier alpha value is -3.09. The number of anilines is 1. The molecule has 0 aliphatic heterocycles. The number of ether oxygens (including phenoxy) is 2. The van der Waals surface area contributed by atoms with Gasteiger partial charge in [-0.2, -0.15) is 0 Å². The fraction of sp³-hybridized carbons (Fsp3) is 0.316. The van der Waals surface area contributed by atoms with Gasteiger partial charge in [0.2, 0.25) is 0 Å². The molecule has 1 heterocycles. The first kappa shape index (κ1) is 17.7. The first-order valence-corrected chi connectivity index (χ1v) is 8.70. The minimum atomic E-state index is -0.243. The average Bonchev–Trinajstić information content (AvgIpc) is 3.06. The van der Waals surface area contributed by atoms with Crippen LogP contribution in [0.4, 0.5) is 5.69 Å². The van der Waals surface area contributed by atoms with E-state index in [0.717, 1.165) is 12.1 Å². The molecule has 3 aromatic rings. The Morgan fingerprint density at radius 1 is 1.08 bits per heavy atom. The summed E-state index contributed by atoms with van der Waals surface area (Å²) in [6, 6.07) is 10.7. The molecule has 1 aromatic heterocycles. The Morgan fingerprint density at radius 2 is 1.88 bits per heavy atom. The van der Waals surface area contributed by atoms with E-state index in [0.29, 0.717) is 41.5 Å². The molecule has 2 aromatic carbocycles. The predicted octanol–water partition coefficient (Wildman–Crippen LogP) is 3.50. The maximum atomic E-state index is 12.7. The van der Waals surface area contributed by atoms with Crippen molar-refractivity contribution in [1.29, 1.82) is 0 Å². The summed E-state index contributed by atoms with van der Waals surface area (Å²) in [6.07, 6.45) is 0. The van der Waals surface area contributed by atoms with Crippen LogP contribution in [0.15, 0.2) is 36.4 Å². The van der Waals surface area contributed by atoms with E-state index >= 15 is 0 Å². The molecule has 7 nitrogen and oxygen atoms in total. The molecule has 3 rings (SSSR count). The quantitative estimate of drug-likeness (QED) is 0.702. The van der Waals surface area contributed by atoms with Crippen LogP contribution in [0.25, 0.3) is 11.0 Å². The van der Waals surface area contributed by atoms with Crippen molar-refractivity contribution in [3.8, 4) is 11.5 Å². The number of rotatable bonds is 7. The van der Waals surface area contributed by atoms with Crippen molar-refractivity contribution in [2.75, 3.05) is 18.5 Å². The van der Waals surface area contributed by atoms with Gasteiger partial charge in [0, 0.05) is 18.2 Å². The summed E-state index contributed by atoms with van der Waals surface area (Å²) in [5, 5.41) is 11.1. The number of hydrogen-bond donors (Lipinski definition) is 1. The first-order valence-electron chi connectivity index (χ1n) is 8.70. The SMILES string of the molecule is CCOc1ccc(OCC)c(NC(=O)c2ccc3c(c2)nnn3CC)c1. The number of nitrogens with zero attached hydrogens (tertiary/aromatic N) is 3. The highest BCUT2D eigenvalue weighted by Gasteiger charge is 2.13. The fourth-order valence-electron chi connectivity index (χ4n) is 2.69. The van der Waals surface area contributed by atoms with Crippen LogP contribution in [0.2, 0.25) is 0 Å². The molecule has 0 aliphatic carbocycles. The molecule has 26 heavy (non-hydrogen) atoms. The molecule has 0 atom stereocenters. The molecule has 1 N–H and O–H groups in total. The number of aromatic nitrogens is 3. The maximum absolute atomic E-state index is 12.7. The van der Waals surface area contributed by atoms with Crippen LogP contribution >= 0.6 is 0 Å². The third kappa shape index (κ3) is 3.61. The molecule has 0 fully saturated rings. The standard InChI is InChI=1S/C19H22N4O3/c1-4-23-17-9-7-13(11-15(17)21-22-23)19(24)20-16-12-14(25-5-2)8-10-18(16)26-6-3/h7-12H,4-6H2,1-3H3,(H,20,24). The molecule has 0 saturated heterocycles. The average molecular weight is 354 g/mol. The van der Waals surface area contributed by atoms with Gasteiger partial charge < -0.3 is 14.8 Å². The Labute approximate surface area is 151 Å². The van der Waals surface area contributed by atoms with E-state index in [9.17, 15) is 4.79 Å². The van der Waals surface area contributed by atoms with Crippen molar-refractivity contribution in [3.63, 3.8) is 0 Å². The van der Waals surface area contributed by atoms with Crippen molar-refractivity contribution < 1.29 is 14.3 Å². The van der Waals surface area contributed by atoms with E-state index in [-0.39, 0.29) is 5.91 Å². The minimum absolute atomic E-state index is 0.243. The van der Waals surface area contributed by atoms with Gasteiger partial charge in [0.15, 0.2) is 0 Å². The number of fused-ring (bicyclic) bond motifs is 1. The van der Waals surface area contributed by atoms with E-state index in [2.05, 4.69) is 15.6 Å². The Kier molecular flexibility index (Phi) is 5.36. The van der Waals surface area contributed by atoms with Gasteiger partial charge >= 0.3 is 0 Å². The summed E-state index contributed by atoms with van der Waals surface area (Å²) >= 11 is 0. The molecule has 7 heteroatoms. The number of nitrogens with one attached hydrogen (secondary N) is 1. The van der Waals surface area contributed by atoms with Crippen LogP contribution in [0.1, 0.15) is 31.1 Å². The third-order valence-electron chi connectivity index (χ3n) is 3.89. The second kappa shape index (κ2) is 7.86. The molecule has 0 radical (unpaired) electrons. The highest BCUT2D eigenvalue weighted by molar-refractivity contribution is 6.06. The topological polar surface area (TPSA) is 78.3 Å². The second-order valence-electron chi connectivity index (χ2n) is 5.59. The lowest BCUT2D eigenvalue weighted by atomic mass is 10.1. The monoisotopic (exact) mass is 354 g/mol. The summed E-state index contributed by atoms with van der Waals surface area (Å²) in [6.45, 7) is 7.58. The molecular formula is C19H22N4O3. The zero-order valence-corrected chi connectivity index (χ0v) is 15.2. The lowest BCUT2D eigenvalue weighted by Gasteiger charge is -2.13. The molecule has 136 valence electrons. The van der Waals surface area contributed by atoms with E-state index in [4.69, 9.17) is 9.47 Å². The Bertz CT molecular complexity index is 920. The molecule has 0 bridgehead atoms. The predicted molar refractivity (Wildman–Crippen MR) is 99.9 cm³/mol. The summed E-state index contributed by atoms with van der Waals surface area (Å²) in [5.74, 6) is 1.03. The first-order chi connectivity index (χ1) is 12.7. The van der Waals surface area contributed by atoms with Crippen LogP contribution in [0, 0.1) is 0 Å². The molecule has 0 unspecified atom stereocenters. The van der Waals surface area contributed by atoms with Gasteiger partial charge in [-0.1, -0.05) is 5.21 Å². The fourth-order valence-corrected chi connectivity index (χ4v) is 2.69. The van der Waals surface area contributed by atoms with Gasteiger partial charge in [0.05, 0.1) is 24.4 Å². The highest BCUT2D eigenvalue weighted by Crippen LogP contribution is 2.30. The van der Waals surface area contributed by atoms with Gasteiger partial charge in [-0.05, 0) is 51.1 Å². The van der Waals surface area contributed by atoms with Crippen molar-refractivity contribution in [1.82, 2.24) is 15.0 Å². The number of carbonyl (C=O) groups is 1. The summed E-state index contributed by atoms with van der Waals surface area (Å²) in [7, 11) is 0. The number of hydrogen-bond acceptors (Lipinski definition) is 5. The third-order valence-corrected chi connectivity index (χ3v) is 3.89.